The van der Waals surface area contributed by atoms with Crippen molar-refractivity contribution in [2.24, 2.45) is 0 Å². The minimum Gasteiger partial charge on any atom is -0.0776 e. The molecule has 0 aromatic heterocycles. The average molecular weight is 475 g/mol. The number of rotatable bonds is 0. The van der Waals surface area contributed by atoms with Gasteiger partial charge in [-0.25, -0.2) is 0 Å². The number of fused-ring (bicyclic) bond motifs is 5. The molecule has 0 aliphatic heterocycles. The fourth-order valence-corrected chi connectivity index (χ4v) is 5.84. The SMILES string of the molecule is C.Cc1ccc2c(c1)CCC2.Cc1ccc2c(c1)CCCC2.Cc1ccc2c(c1)Cc1ccccc1-2. The van der Waals surface area contributed by atoms with Crippen molar-refractivity contribution in [2.45, 2.75) is 79.6 Å². The van der Waals surface area contributed by atoms with Crippen LogP contribution < -0.4 is 0 Å². The van der Waals surface area contributed by atoms with E-state index in [0.717, 1.165) is 6.42 Å². The Morgan fingerprint density at radius 2 is 0.889 bits per heavy atom. The Bertz CT molecular complexity index is 1320. The molecule has 0 atom stereocenters. The maximum Gasteiger partial charge on any atom is -0.00134 e. The van der Waals surface area contributed by atoms with E-state index in [4.69, 9.17) is 0 Å². The van der Waals surface area contributed by atoms with Gasteiger partial charge in [0.2, 0.25) is 0 Å². The van der Waals surface area contributed by atoms with Crippen LogP contribution in [0.5, 0.6) is 0 Å². The van der Waals surface area contributed by atoms with Gasteiger partial charge in [-0.15, -0.1) is 0 Å². The highest BCUT2D eigenvalue weighted by molar-refractivity contribution is 5.76. The molecule has 0 heteroatoms. The highest BCUT2D eigenvalue weighted by Gasteiger charge is 2.16. The van der Waals surface area contributed by atoms with Gasteiger partial charge >= 0.3 is 0 Å². The zero-order valence-corrected chi connectivity index (χ0v) is 21.7. The molecule has 0 nitrogen and oxygen atoms in total. The maximum atomic E-state index is 2.34. The number of benzene rings is 4. The maximum absolute atomic E-state index is 2.34. The lowest BCUT2D eigenvalue weighted by molar-refractivity contribution is 0.685. The lowest BCUT2D eigenvalue weighted by atomic mass is 9.91. The van der Waals surface area contributed by atoms with Gasteiger partial charge in [0.25, 0.3) is 0 Å². The van der Waals surface area contributed by atoms with Crippen LogP contribution in [0, 0.1) is 20.8 Å². The lowest BCUT2D eigenvalue weighted by Crippen LogP contribution is -2.01. The van der Waals surface area contributed by atoms with Gasteiger partial charge in [-0.3, -0.25) is 0 Å². The summed E-state index contributed by atoms with van der Waals surface area (Å²) in [4.78, 5) is 0. The Balaban J connectivity index is 0.000000127. The monoisotopic (exact) mass is 474 g/mol. The Morgan fingerprint density at radius 3 is 1.56 bits per heavy atom. The fourth-order valence-electron chi connectivity index (χ4n) is 5.84. The molecule has 3 aliphatic carbocycles. The van der Waals surface area contributed by atoms with Crippen molar-refractivity contribution >= 4 is 0 Å². The van der Waals surface area contributed by atoms with Crippen LogP contribution in [0.2, 0.25) is 0 Å². The molecule has 186 valence electrons. The van der Waals surface area contributed by atoms with E-state index in [0.29, 0.717) is 0 Å². The number of hydrogen-bond donors (Lipinski definition) is 0. The molecule has 4 aromatic carbocycles. The Morgan fingerprint density at radius 1 is 0.417 bits per heavy atom. The van der Waals surface area contributed by atoms with Crippen LogP contribution in [0.3, 0.4) is 0 Å². The number of hydrogen-bond acceptors (Lipinski definition) is 0. The van der Waals surface area contributed by atoms with Crippen molar-refractivity contribution in [3.63, 3.8) is 0 Å². The van der Waals surface area contributed by atoms with Crippen LogP contribution in [-0.4, -0.2) is 0 Å². The van der Waals surface area contributed by atoms with Crippen LogP contribution >= 0.6 is 0 Å². The Labute approximate surface area is 219 Å². The van der Waals surface area contributed by atoms with Gasteiger partial charge in [0.1, 0.15) is 0 Å². The molecule has 36 heavy (non-hydrogen) atoms. The van der Waals surface area contributed by atoms with Crippen LogP contribution in [0.15, 0.2) is 78.9 Å². The van der Waals surface area contributed by atoms with E-state index < -0.39 is 0 Å². The molecule has 0 fully saturated rings. The molecule has 0 radical (unpaired) electrons. The summed E-state index contributed by atoms with van der Waals surface area (Å²) in [6.07, 6.45) is 10.4. The third-order valence-corrected chi connectivity index (χ3v) is 7.71. The molecule has 0 spiro atoms. The second kappa shape index (κ2) is 11.7. The molecule has 0 bridgehead atoms. The van der Waals surface area contributed by atoms with E-state index in [1.165, 1.54) is 83.9 Å². The van der Waals surface area contributed by atoms with E-state index in [1.54, 1.807) is 22.3 Å². The molecule has 0 N–H and O–H groups in total. The Hall–Kier alpha value is -3.12. The summed E-state index contributed by atoms with van der Waals surface area (Å²) in [5, 5.41) is 0. The molecule has 0 amide bonds. The average Bonchev–Trinajstić information content (AvgIpc) is 3.48. The first-order chi connectivity index (χ1) is 17.1. The summed E-state index contributed by atoms with van der Waals surface area (Å²) in [6, 6.07) is 29.1. The predicted octanol–water partition coefficient (Wildman–Crippen LogP) is 9.56. The largest absolute Gasteiger partial charge is 0.0776 e. The second-order valence-corrected chi connectivity index (χ2v) is 10.6. The zero-order chi connectivity index (χ0) is 24.2. The van der Waals surface area contributed by atoms with Gasteiger partial charge in [-0.2, -0.15) is 0 Å². The molecule has 4 aromatic rings. The molecular formula is C36H42. The Kier molecular flexibility index (Phi) is 8.47. The van der Waals surface area contributed by atoms with Gasteiger partial charge < -0.3 is 0 Å². The van der Waals surface area contributed by atoms with Crippen LogP contribution in [0.1, 0.15) is 76.8 Å². The molecule has 0 heterocycles. The number of aryl methyl sites for hydroxylation is 7. The van der Waals surface area contributed by atoms with Crippen molar-refractivity contribution in [3.8, 4) is 11.1 Å². The molecule has 0 saturated heterocycles. The van der Waals surface area contributed by atoms with Gasteiger partial charge in [0, 0.05) is 0 Å². The van der Waals surface area contributed by atoms with E-state index in [9.17, 15) is 0 Å². The smallest absolute Gasteiger partial charge is 0.00134 e. The normalized spacial score (nSPS) is 14.0. The molecule has 3 aliphatic rings. The molecule has 7 rings (SSSR count). The predicted molar refractivity (Wildman–Crippen MR) is 157 cm³/mol. The standard InChI is InChI=1S/C14H12.C11H14.C10H12.CH4/c1-10-6-7-14-12(8-10)9-11-4-2-3-5-13(11)14;1-9-6-7-10-4-2-3-5-11(10)8-9;1-8-5-6-9-3-2-4-10(9)7-8;/h2-8H,9H2,1H3;6-8H,2-5H2,1H3;5-7H,2-4H2,1H3;1H4. The van der Waals surface area contributed by atoms with Crippen molar-refractivity contribution < 1.29 is 0 Å². The zero-order valence-electron chi connectivity index (χ0n) is 21.7. The van der Waals surface area contributed by atoms with Crippen molar-refractivity contribution in [1.82, 2.24) is 0 Å². The quantitative estimate of drug-likeness (QED) is 0.209. The lowest BCUT2D eigenvalue weighted by Gasteiger charge is -2.15. The third kappa shape index (κ3) is 5.98. The summed E-state index contributed by atoms with van der Waals surface area (Å²) in [7, 11) is 0. The van der Waals surface area contributed by atoms with Gasteiger partial charge in [0.15, 0.2) is 0 Å². The van der Waals surface area contributed by atoms with Crippen molar-refractivity contribution in [3.05, 3.63) is 129 Å². The van der Waals surface area contributed by atoms with E-state index >= 15 is 0 Å². The van der Waals surface area contributed by atoms with Crippen LogP contribution in [0.4, 0.5) is 0 Å². The highest BCUT2D eigenvalue weighted by Crippen LogP contribution is 2.36. The molecule has 0 unspecified atom stereocenters. The highest BCUT2D eigenvalue weighted by atomic mass is 14.2. The van der Waals surface area contributed by atoms with Gasteiger partial charge in [-0.05, 0) is 117 Å². The van der Waals surface area contributed by atoms with Crippen molar-refractivity contribution in [2.75, 3.05) is 0 Å². The summed E-state index contributed by atoms with van der Waals surface area (Å²) in [5.74, 6) is 0. The van der Waals surface area contributed by atoms with E-state index in [-0.39, 0.29) is 7.43 Å². The molecular weight excluding hydrogens is 432 g/mol. The van der Waals surface area contributed by atoms with Crippen molar-refractivity contribution in [1.29, 1.82) is 0 Å². The molecule has 0 saturated carbocycles. The van der Waals surface area contributed by atoms with Crippen LogP contribution in [0.25, 0.3) is 11.1 Å². The first-order valence-corrected chi connectivity index (χ1v) is 13.4. The second-order valence-electron chi connectivity index (χ2n) is 10.6. The first-order valence-electron chi connectivity index (χ1n) is 13.4. The summed E-state index contributed by atoms with van der Waals surface area (Å²) >= 11 is 0. The minimum atomic E-state index is 0. The minimum absolute atomic E-state index is 0. The first kappa shape index (κ1) is 26.0. The van der Waals surface area contributed by atoms with Gasteiger partial charge in [-0.1, -0.05) is 103 Å². The summed E-state index contributed by atoms with van der Waals surface area (Å²) in [5.41, 5.74) is 16.3. The summed E-state index contributed by atoms with van der Waals surface area (Å²) < 4.78 is 0. The summed E-state index contributed by atoms with van der Waals surface area (Å²) in [6.45, 7) is 6.50. The van der Waals surface area contributed by atoms with E-state index in [1.807, 2.05) is 0 Å². The topological polar surface area (TPSA) is 0 Å². The van der Waals surface area contributed by atoms with Gasteiger partial charge in [0.05, 0.1) is 0 Å². The van der Waals surface area contributed by atoms with E-state index in [2.05, 4.69) is 99.6 Å². The van der Waals surface area contributed by atoms with Crippen LogP contribution in [-0.2, 0) is 32.1 Å². The fraction of sp³-hybridized carbons (Fsp3) is 0.333. The third-order valence-electron chi connectivity index (χ3n) is 7.71.